The molecule has 0 spiro atoms. The second-order valence-electron chi connectivity index (χ2n) is 7.63. The molecule has 1 N–H and O–H groups in total. The molecule has 1 aliphatic heterocycles. The lowest BCUT2D eigenvalue weighted by atomic mass is 10.2. The fourth-order valence-corrected chi connectivity index (χ4v) is 4.35. The zero-order chi connectivity index (χ0) is 22.3. The van der Waals surface area contributed by atoms with E-state index in [0.717, 1.165) is 42.9 Å². The average Bonchev–Trinajstić information content (AvgIpc) is 3.52. The third kappa shape index (κ3) is 5.45. The Bertz CT molecular complexity index is 1060. The van der Waals surface area contributed by atoms with Crippen molar-refractivity contribution in [3.8, 4) is 5.75 Å². The molecular weight excluding hydrogens is 424 g/mol. The van der Waals surface area contributed by atoms with Gasteiger partial charge in [0.25, 0.3) is 5.91 Å². The van der Waals surface area contributed by atoms with Gasteiger partial charge in [-0.1, -0.05) is 36.4 Å². The van der Waals surface area contributed by atoms with E-state index in [2.05, 4.69) is 10.3 Å². The van der Waals surface area contributed by atoms with Crippen molar-refractivity contribution in [3.05, 3.63) is 71.2 Å². The van der Waals surface area contributed by atoms with E-state index in [1.807, 2.05) is 59.5 Å². The number of ether oxygens (including phenoxy) is 1. The van der Waals surface area contributed by atoms with Crippen molar-refractivity contribution in [1.29, 1.82) is 0 Å². The number of aromatic nitrogens is 1. The number of nitrogens with zero attached hydrogens (tertiary/aromatic N) is 3. The van der Waals surface area contributed by atoms with Crippen LogP contribution in [0.1, 0.15) is 28.9 Å². The van der Waals surface area contributed by atoms with Crippen molar-refractivity contribution in [2.45, 2.75) is 19.4 Å². The fourth-order valence-electron chi connectivity index (χ4n) is 3.65. The summed E-state index contributed by atoms with van der Waals surface area (Å²) in [6.07, 6.45) is 2.04. The Morgan fingerprint density at radius 2 is 1.91 bits per heavy atom. The Hall–Kier alpha value is -3.39. The molecule has 1 fully saturated rings. The van der Waals surface area contributed by atoms with Crippen LogP contribution in [0.4, 0.5) is 10.8 Å². The largest absolute Gasteiger partial charge is 0.497 e. The van der Waals surface area contributed by atoms with Gasteiger partial charge in [0.05, 0.1) is 7.11 Å². The maximum atomic E-state index is 13.3. The Morgan fingerprint density at radius 1 is 1.12 bits per heavy atom. The molecular formula is C24H26N4O3S. The Morgan fingerprint density at radius 3 is 2.66 bits per heavy atom. The first-order valence-electron chi connectivity index (χ1n) is 10.6. The van der Waals surface area contributed by atoms with Crippen LogP contribution in [0.3, 0.4) is 0 Å². The van der Waals surface area contributed by atoms with Crippen LogP contribution in [0.5, 0.6) is 5.75 Å². The van der Waals surface area contributed by atoms with E-state index in [-0.39, 0.29) is 18.4 Å². The number of hydrogen-bond acceptors (Lipinski definition) is 6. The Balaban J connectivity index is 1.50. The monoisotopic (exact) mass is 450 g/mol. The van der Waals surface area contributed by atoms with Crippen LogP contribution >= 0.6 is 11.3 Å². The summed E-state index contributed by atoms with van der Waals surface area (Å²) in [5.41, 5.74) is 2.12. The van der Waals surface area contributed by atoms with Crippen molar-refractivity contribution in [2.24, 2.45) is 0 Å². The molecule has 0 saturated carbocycles. The molecule has 0 radical (unpaired) electrons. The Kier molecular flexibility index (Phi) is 7.01. The lowest BCUT2D eigenvalue weighted by Crippen LogP contribution is -2.41. The van der Waals surface area contributed by atoms with Crippen LogP contribution in [0.15, 0.2) is 60.0 Å². The van der Waals surface area contributed by atoms with Gasteiger partial charge in [0.2, 0.25) is 5.91 Å². The van der Waals surface area contributed by atoms with Crippen LogP contribution in [0.2, 0.25) is 0 Å². The van der Waals surface area contributed by atoms with E-state index in [1.54, 1.807) is 17.4 Å². The van der Waals surface area contributed by atoms with Gasteiger partial charge in [-0.25, -0.2) is 4.98 Å². The van der Waals surface area contributed by atoms with Gasteiger partial charge in [-0.2, -0.15) is 0 Å². The highest BCUT2D eigenvalue weighted by atomic mass is 32.1. The van der Waals surface area contributed by atoms with Gasteiger partial charge < -0.3 is 19.9 Å². The quantitative estimate of drug-likeness (QED) is 0.558. The molecule has 3 aromatic rings. The van der Waals surface area contributed by atoms with Crippen molar-refractivity contribution in [1.82, 2.24) is 14.8 Å². The average molecular weight is 451 g/mol. The molecule has 2 amide bonds. The predicted molar refractivity (Wildman–Crippen MR) is 125 cm³/mol. The molecule has 0 bridgehead atoms. The molecule has 166 valence electrons. The number of rotatable bonds is 8. The van der Waals surface area contributed by atoms with Crippen molar-refractivity contribution >= 4 is 34.0 Å². The maximum absolute atomic E-state index is 13.3. The molecule has 0 atom stereocenters. The van der Waals surface area contributed by atoms with Crippen molar-refractivity contribution in [3.63, 3.8) is 0 Å². The smallest absolute Gasteiger partial charge is 0.274 e. The number of hydrogen-bond donors (Lipinski definition) is 1. The minimum atomic E-state index is -0.253. The molecule has 4 rings (SSSR count). The third-order valence-electron chi connectivity index (χ3n) is 5.33. The summed E-state index contributed by atoms with van der Waals surface area (Å²) >= 11 is 1.35. The standard InChI is InChI=1S/C24H26N4O3S/c1-31-20-11-7-10-19(14-20)25-24-26-21(17-32-24)23(30)28(15-18-8-3-2-4-9-18)16-22(29)27-12-5-6-13-27/h2-4,7-11,14,17H,5-6,12-13,15-16H2,1H3,(H,25,26). The second-order valence-corrected chi connectivity index (χ2v) is 8.49. The van der Waals surface area contributed by atoms with E-state index >= 15 is 0 Å². The van der Waals surface area contributed by atoms with Gasteiger partial charge in [-0.3, -0.25) is 9.59 Å². The minimum Gasteiger partial charge on any atom is -0.497 e. The normalized spacial score (nSPS) is 13.1. The molecule has 0 unspecified atom stereocenters. The molecule has 0 aliphatic carbocycles. The molecule has 7 nitrogen and oxygen atoms in total. The van der Waals surface area contributed by atoms with E-state index in [4.69, 9.17) is 4.74 Å². The molecule has 1 aliphatic rings. The summed E-state index contributed by atoms with van der Waals surface area (Å²) in [5.74, 6) is 0.463. The van der Waals surface area contributed by atoms with E-state index in [1.165, 1.54) is 11.3 Å². The van der Waals surface area contributed by atoms with Gasteiger partial charge in [0.15, 0.2) is 5.13 Å². The molecule has 8 heteroatoms. The highest BCUT2D eigenvalue weighted by Crippen LogP contribution is 2.25. The fraction of sp³-hybridized carbons (Fsp3) is 0.292. The highest BCUT2D eigenvalue weighted by molar-refractivity contribution is 7.14. The van der Waals surface area contributed by atoms with E-state index in [0.29, 0.717) is 17.4 Å². The zero-order valence-electron chi connectivity index (χ0n) is 18.0. The third-order valence-corrected chi connectivity index (χ3v) is 6.09. The topological polar surface area (TPSA) is 74.8 Å². The summed E-state index contributed by atoms with van der Waals surface area (Å²) < 4.78 is 5.25. The van der Waals surface area contributed by atoms with Crippen LogP contribution in [0.25, 0.3) is 0 Å². The van der Waals surface area contributed by atoms with Crippen LogP contribution < -0.4 is 10.1 Å². The number of likely N-dealkylation sites (tertiary alicyclic amines) is 1. The number of carbonyl (C=O) groups excluding carboxylic acids is 2. The van der Waals surface area contributed by atoms with Gasteiger partial charge in [-0.05, 0) is 30.5 Å². The van der Waals surface area contributed by atoms with Gasteiger partial charge in [0, 0.05) is 36.8 Å². The number of methoxy groups -OCH3 is 1. The molecule has 2 heterocycles. The first-order valence-corrected chi connectivity index (χ1v) is 11.5. The number of carbonyl (C=O) groups is 2. The summed E-state index contributed by atoms with van der Waals surface area (Å²) in [5, 5.41) is 5.54. The van der Waals surface area contributed by atoms with Crippen LogP contribution in [-0.2, 0) is 11.3 Å². The Labute approximate surface area is 191 Å². The molecule has 1 saturated heterocycles. The number of benzene rings is 2. The van der Waals surface area contributed by atoms with Crippen molar-refractivity contribution < 1.29 is 14.3 Å². The summed E-state index contributed by atoms with van der Waals surface area (Å²) in [7, 11) is 1.62. The molecule has 2 aromatic carbocycles. The summed E-state index contributed by atoms with van der Waals surface area (Å²) in [4.78, 5) is 34.0. The lowest BCUT2D eigenvalue weighted by Gasteiger charge is -2.24. The SMILES string of the molecule is COc1cccc(Nc2nc(C(=O)N(CC(=O)N3CCCC3)Cc3ccccc3)cs2)c1. The number of anilines is 2. The molecule has 32 heavy (non-hydrogen) atoms. The van der Waals surface area contributed by atoms with E-state index < -0.39 is 0 Å². The van der Waals surface area contributed by atoms with Gasteiger partial charge in [-0.15, -0.1) is 11.3 Å². The first kappa shape index (κ1) is 21.8. The predicted octanol–water partition coefficient (Wildman–Crippen LogP) is 4.16. The summed E-state index contributed by atoms with van der Waals surface area (Å²) in [6, 6.07) is 17.2. The van der Waals surface area contributed by atoms with Gasteiger partial charge >= 0.3 is 0 Å². The van der Waals surface area contributed by atoms with Crippen LogP contribution in [-0.4, -0.2) is 53.3 Å². The van der Waals surface area contributed by atoms with Crippen LogP contribution in [0, 0.1) is 0 Å². The number of thiazole rings is 1. The number of nitrogens with one attached hydrogen (secondary N) is 1. The number of amides is 2. The van der Waals surface area contributed by atoms with E-state index in [9.17, 15) is 9.59 Å². The maximum Gasteiger partial charge on any atom is 0.274 e. The molecule has 1 aromatic heterocycles. The van der Waals surface area contributed by atoms with Gasteiger partial charge in [0.1, 0.15) is 18.0 Å². The zero-order valence-corrected chi connectivity index (χ0v) is 18.8. The highest BCUT2D eigenvalue weighted by Gasteiger charge is 2.25. The summed E-state index contributed by atoms with van der Waals surface area (Å²) in [6.45, 7) is 1.92. The second kappa shape index (κ2) is 10.3. The minimum absolute atomic E-state index is 0.0169. The first-order chi connectivity index (χ1) is 15.6. The lowest BCUT2D eigenvalue weighted by molar-refractivity contribution is -0.130. The van der Waals surface area contributed by atoms with Crippen molar-refractivity contribution in [2.75, 3.05) is 32.1 Å².